The molecule has 1 heterocycles. The van der Waals surface area contributed by atoms with Gasteiger partial charge in [0, 0.05) is 24.2 Å². The molecule has 0 aliphatic carbocycles. The smallest absolute Gasteiger partial charge is 0.150 e. The fraction of sp³-hybridized carbons (Fsp3) is 0.300. The molecule has 1 aromatic carbocycles. The van der Waals surface area contributed by atoms with Crippen LogP contribution in [-0.2, 0) is 6.54 Å². The van der Waals surface area contributed by atoms with Gasteiger partial charge in [0.15, 0.2) is 0 Å². The third kappa shape index (κ3) is 1.70. The van der Waals surface area contributed by atoms with Gasteiger partial charge in [-0.3, -0.25) is 4.79 Å². The Morgan fingerprint density at radius 2 is 2.38 bits per heavy atom. The molecule has 1 aromatic rings. The lowest BCUT2D eigenvalue weighted by molar-refractivity contribution is 0.112. The topological polar surface area (TPSA) is 38.3 Å². The summed E-state index contributed by atoms with van der Waals surface area (Å²) in [6.45, 7) is 2.33. The predicted molar refractivity (Wildman–Crippen MR) is 49.0 cm³/mol. The highest BCUT2D eigenvalue weighted by Gasteiger charge is 2.07. The lowest BCUT2D eigenvalue weighted by Crippen LogP contribution is -2.16. The van der Waals surface area contributed by atoms with Gasteiger partial charge >= 0.3 is 0 Å². The van der Waals surface area contributed by atoms with Crippen molar-refractivity contribution in [3.05, 3.63) is 29.3 Å². The Morgan fingerprint density at radius 3 is 3.23 bits per heavy atom. The first kappa shape index (κ1) is 8.26. The third-order valence-electron chi connectivity index (χ3n) is 2.08. The van der Waals surface area contributed by atoms with Crippen LogP contribution in [0.2, 0.25) is 0 Å². The molecule has 0 spiro atoms. The van der Waals surface area contributed by atoms with E-state index in [-0.39, 0.29) is 0 Å². The zero-order valence-corrected chi connectivity index (χ0v) is 7.25. The molecule has 2 rings (SSSR count). The normalized spacial score (nSPS) is 15.4. The second kappa shape index (κ2) is 3.58. The second-order valence-electron chi connectivity index (χ2n) is 3.01. The van der Waals surface area contributed by atoms with Crippen molar-refractivity contribution in [1.82, 2.24) is 5.32 Å². The van der Waals surface area contributed by atoms with Crippen molar-refractivity contribution in [2.45, 2.75) is 6.54 Å². The summed E-state index contributed by atoms with van der Waals surface area (Å²) in [5, 5.41) is 3.23. The van der Waals surface area contributed by atoms with Gasteiger partial charge in [0.05, 0.1) is 0 Å². The molecular formula is C10H11NO2. The molecule has 0 amide bonds. The summed E-state index contributed by atoms with van der Waals surface area (Å²) in [6.07, 6.45) is 0.835. The van der Waals surface area contributed by atoms with E-state index >= 15 is 0 Å². The van der Waals surface area contributed by atoms with Gasteiger partial charge in [0.1, 0.15) is 18.6 Å². The Bertz CT molecular complexity index is 323. The molecule has 13 heavy (non-hydrogen) atoms. The Labute approximate surface area is 76.7 Å². The summed E-state index contributed by atoms with van der Waals surface area (Å²) in [5.74, 6) is 0.828. The van der Waals surface area contributed by atoms with Gasteiger partial charge in [-0.15, -0.1) is 0 Å². The first-order valence-corrected chi connectivity index (χ1v) is 4.32. The second-order valence-corrected chi connectivity index (χ2v) is 3.01. The number of hydrogen-bond acceptors (Lipinski definition) is 3. The van der Waals surface area contributed by atoms with Crippen molar-refractivity contribution in [3.63, 3.8) is 0 Å². The highest BCUT2D eigenvalue weighted by Crippen LogP contribution is 2.20. The van der Waals surface area contributed by atoms with Crippen LogP contribution in [-0.4, -0.2) is 19.4 Å². The van der Waals surface area contributed by atoms with Gasteiger partial charge in [-0.1, -0.05) is 12.1 Å². The van der Waals surface area contributed by atoms with Crippen molar-refractivity contribution in [2.75, 3.05) is 13.2 Å². The van der Waals surface area contributed by atoms with Crippen LogP contribution in [0.5, 0.6) is 5.75 Å². The largest absolute Gasteiger partial charge is 0.492 e. The summed E-state index contributed by atoms with van der Waals surface area (Å²) in [5.41, 5.74) is 1.78. The molecule has 0 bridgehead atoms. The molecule has 3 heteroatoms. The molecule has 68 valence electrons. The lowest BCUT2D eigenvalue weighted by atomic mass is 10.1. The van der Waals surface area contributed by atoms with E-state index in [2.05, 4.69) is 5.32 Å². The quantitative estimate of drug-likeness (QED) is 0.650. The zero-order chi connectivity index (χ0) is 9.10. The van der Waals surface area contributed by atoms with Gasteiger partial charge in [-0.2, -0.15) is 0 Å². The molecule has 3 nitrogen and oxygen atoms in total. The van der Waals surface area contributed by atoms with Gasteiger partial charge < -0.3 is 10.1 Å². The molecule has 0 unspecified atom stereocenters. The number of carbonyl (C=O) groups is 1. The van der Waals surface area contributed by atoms with Crippen LogP contribution in [0.4, 0.5) is 0 Å². The van der Waals surface area contributed by atoms with Gasteiger partial charge in [0.2, 0.25) is 0 Å². The molecule has 1 aliphatic heterocycles. The number of carbonyl (C=O) groups excluding carboxylic acids is 1. The third-order valence-corrected chi connectivity index (χ3v) is 2.08. The summed E-state index contributed by atoms with van der Waals surface area (Å²) >= 11 is 0. The van der Waals surface area contributed by atoms with Crippen LogP contribution in [0.15, 0.2) is 18.2 Å². The summed E-state index contributed by atoms with van der Waals surface area (Å²) in [7, 11) is 0. The Morgan fingerprint density at radius 1 is 1.46 bits per heavy atom. The lowest BCUT2D eigenvalue weighted by Gasteiger charge is -2.05. The Hall–Kier alpha value is -1.35. The number of aldehydes is 1. The first-order chi connectivity index (χ1) is 6.40. The van der Waals surface area contributed by atoms with Crippen molar-refractivity contribution >= 4 is 6.29 Å². The highest BCUT2D eigenvalue weighted by molar-refractivity contribution is 5.75. The van der Waals surface area contributed by atoms with Crippen molar-refractivity contribution in [1.29, 1.82) is 0 Å². The fourth-order valence-corrected chi connectivity index (χ4v) is 1.38. The molecule has 0 saturated heterocycles. The molecule has 0 radical (unpaired) electrons. The summed E-state index contributed by atoms with van der Waals surface area (Å²) in [4.78, 5) is 10.5. The van der Waals surface area contributed by atoms with Crippen LogP contribution < -0.4 is 10.1 Å². The highest BCUT2D eigenvalue weighted by atomic mass is 16.5. The molecule has 0 aromatic heterocycles. The SMILES string of the molecule is O=Cc1ccc2c(c1)OCCNC2. The minimum Gasteiger partial charge on any atom is -0.492 e. The maximum absolute atomic E-state index is 10.5. The van der Waals surface area contributed by atoms with E-state index in [1.165, 1.54) is 0 Å². The zero-order valence-electron chi connectivity index (χ0n) is 7.25. The van der Waals surface area contributed by atoms with E-state index in [4.69, 9.17) is 4.74 Å². The molecule has 0 saturated carbocycles. The van der Waals surface area contributed by atoms with Crippen LogP contribution in [0, 0.1) is 0 Å². The standard InChI is InChI=1S/C10H11NO2/c12-7-8-1-2-9-6-11-3-4-13-10(9)5-8/h1-2,5,7,11H,3-4,6H2. The van der Waals surface area contributed by atoms with Crippen molar-refractivity contribution in [2.24, 2.45) is 0 Å². The fourth-order valence-electron chi connectivity index (χ4n) is 1.38. The maximum Gasteiger partial charge on any atom is 0.150 e. The van der Waals surface area contributed by atoms with E-state index in [0.717, 1.165) is 30.7 Å². The number of hydrogen-bond donors (Lipinski definition) is 1. The summed E-state index contributed by atoms with van der Waals surface area (Å²) < 4.78 is 5.47. The van der Waals surface area contributed by atoms with Crippen LogP contribution in [0.1, 0.15) is 15.9 Å². The molecule has 0 fully saturated rings. The van der Waals surface area contributed by atoms with E-state index < -0.39 is 0 Å². The van der Waals surface area contributed by atoms with Crippen LogP contribution in [0.3, 0.4) is 0 Å². The number of fused-ring (bicyclic) bond motifs is 1. The van der Waals surface area contributed by atoms with Gasteiger partial charge in [0.25, 0.3) is 0 Å². The van der Waals surface area contributed by atoms with Gasteiger partial charge in [-0.05, 0) is 6.07 Å². The number of rotatable bonds is 1. The maximum atomic E-state index is 10.5. The molecule has 0 atom stereocenters. The monoisotopic (exact) mass is 177 g/mol. The average molecular weight is 177 g/mol. The Balaban J connectivity index is 2.37. The molecule has 1 aliphatic rings. The number of benzene rings is 1. The number of nitrogens with one attached hydrogen (secondary N) is 1. The first-order valence-electron chi connectivity index (χ1n) is 4.32. The van der Waals surface area contributed by atoms with Crippen LogP contribution >= 0.6 is 0 Å². The predicted octanol–water partition coefficient (Wildman–Crippen LogP) is 0.981. The molecule has 1 N–H and O–H groups in total. The van der Waals surface area contributed by atoms with Crippen molar-refractivity contribution < 1.29 is 9.53 Å². The minimum atomic E-state index is 0.662. The van der Waals surface area contributed by atoms with E-state index in [1.54, 1.807) is 6.07 Å². The summed E-state index contributed by atoms with van der Waals surface area (Å²) in [6, 6.07) is 5.52. The van der Waals surface area contributed by atoms with Crippen molar-refractivity contribution in [3.8, 4) is 5.75 Å². The average Bonchev–Trinajstić information content (AvgIpc) is 2.41. The minimum absolute atomic E-state index is 0.662. The van der Waals surface area contributed by atoms with Gasteiger partial charge in [-0.25, -0.2) is 0 Å². The van der Waals surface area contributed by atoms with E-state index in [0.29, 0.717) is 12.2 Å². The van der Waals surface area contributed by atoms with E-state index in [1.807, 2.05) is 12.1 Å². The van der Waals surface area contributed by atoms with Crippen LogP contribution in [0.25, 0.3) is 0 Å². The Kier molecular flexibility index (Phi) is 2.27. The number of ether oxygens (including phenoxy) is 1. The molecular weight excluding hydrogens is 166 g/mol. The van der Waals surface area contributed by atoms with E-state index in [9.17, 15) is 4.79 Å².